The van der Waals surface area contributed by atoms with Crippen molar-refractivity contribution in [2.24, 2.45) is 0 Å². The van der Waals surface area contributed by atoms with E-state index in [0.29, 0.717) is 0 Å². The van der Waals surface area contributed by atoms with Crippen LogP contribution in [0.3, 0.4) is 0 Å². The number of nitrogens with zero attached hydrogens (tertiary/aromatic N) is 2. The van der Waals surface area contributed by atoms with Crippen LogP contribution >= 0.6 is 11.3 Å². The standard InChI is InChI=1S/C11H18N2OS/c1-5-7-13(6-2)11-12-8(3)10(15-11)9(4)14/h5-7H2,1-4H3. The van der Waals surface area contributed by atoms with Crippen LogP contribution in [0.4, 0.5) is 5.13 Å². The molecular formula is C11H18N2OS. The van der Waals surface area contributed by atoms with Gasteiger partial charge in [0, 0.05) is 20.0 Å². The van der Waals surface area contributed by atoms with E-state index in [-0.39, 0.29) is 5.78 Å². The Labute approximate surface area is 95.1 Å². The zero-order valence-electron chi connectivity index (χ0n) is 9.83. The van der Waals surface area contributed by atoms with Gasteiger partial charge in [-0.3, -0.25) is 4.79 Å². The van der Waals surface area contributed by atoms with Crippen LogP contribution in [0.1, 0.15) is 42.6 Å². The van der Waals surface area contributed by atoms with Crippen molar-refractivity contribution in [3.63, 3.8) is 0 Å². The molecule has 0 radical (unpaired) electrons. The fourth-order valence-electron chi connectivity index (χ4n) is 1.50. The molecule has 0 fully saturated rings. The van der Waals surface area contributed by atoms with E-state index < -0.39 is 0 Å². The maximum atomic E-state index is 11.3. The van der Waals surface area contributed by atoms with Gasteiger partial charge in [-0.05, 0) is 20.3 Å². The van der Waals surface area contributed by atoms with Crippen LogP contribution in [-0.4, -0.2) is 23.9 Å². The Bertz CT molecular complexity index is 346. The third-order valence-electron chi connectivity index (χ3n) is 2.25. The predicted octanol–water partition coefficient (Wildman–Crippen LogP) is 2.89. The Morgan fingerprint density at radius 2 is 2.13 bits per heavy atom. The lowest BCUT2D eigenvalue weighted by molar-refractivity contribution is 0.102. The number of rotatable bonds is 5. The number of hydrogen-bond donors (Lipinski definition) is 0. The highest BCUT2D eigenvalue weighted by Crippen LogP contribution is 2.26. The number of hydrogen-bond acceptors (Lipinski definition) is 4. The largest absolute Gasteiger partial charge is 0.348 e. The van der Waals surface area contributed by atoms with Crippen molar-refractivity contribution in [2.75, 3.05) is 18.0 Å². The Kier molecular flexibility index (Phi) is 4.27. The zero-order valence-corrected chi connectivity index (χ0v) is 10.6. The van der Waals surface area contributed by atoms with Gasteiger partial charge < -0.3 is 4.90 Å². The SMILES string of the molecule is CCCN(CC)c1nc(C)c(C(C)=O)s1. The zero-order chi connectivity index (χ0) is 11.4. The van der Waals surface area contributed by atoms with Crippen molar-refractivity contribution in [3.8, 4) is 0 Å². The molecule has 15 heavy (non-hydrogen) atoms. The number of carbonyl (C=O) groups is 1. The van der Waals surface area contributed by atoms with Gasteiger partial charge in [-0.1, -0.05) is 18.3 Å². The van der Waals surface area contributed by atoms with Gasteiger partial charge in [-0.25, -0.2) is 4.98 Å². The third kappa shape index (κ3) is 2.78. The summed E-state index contributed by atoms with van der Waals surface area (Å²) >= 11 is 1.51. The molecule has 0 aromatic carbocycles. The van der Waals surface area contributed by atoms with E-state index in [0.717, 1.165) is 35.2 Å². The summed E-state index contributed by atoms with van der Waals surface area (Å²) in [5.41, 5.74) is 0.858. The lowest BCUT2D eigenvalue weighted by atomic mass is 10.3. The molecular weight excluding hydrogens is 208 g/mol. The van der Waals surface area contributed by atoms with Gasteiger partial charge in [0.1, 0.15) is 0 Å². The van der Waals surface area contributed by atoms with Gasteiger partial charge >= 0.3 is 0 Å². The van der Waals surface area contributed by atoms with E-state index in [9.17, 15) is 4.79 Å². The fourth-order valence-corrected chi connectivity index (χ4v) is 2.55. The minimum atomic E-state index is 0.115. The van der Waals surface area contributed by atoms with Crippen molar-refractivity contribution in [1.82, 2.24) is 4.98 Å². The third-order valence-corrected chi connectivity index (χ3v) is 3.57. The lowest BCUT2D eigenvalue weighted by Crippen LogP contribution is -2.23. The van der Waals surface area contributed by atoms with Crippen LogP contribution in [0, 0.1) is 6.92 Å². The molecule has 1 rings (SSSR count). The Morgan fingerprint density at radius 1 is 1.47 bits per heavy atom. The van der Waals surface area contributed by atoms with Crippen LogP contribution in [0.25, 0.3) is 0 Å². The summed E-state index contributed by atoms with van der Waals surface area (Å²) in [6.07, 6.45) is 1.10. The average Bonchev–Trinajstić information content (AvgIpc) is 2.56. The maximum absolute atomic E-state index is 11.3. The topological polar surface area (TPSA) is 33.2 Å². The summed E-state index contributed by atoms with van der Waals surface area (Å²) in [7, 11) is 0. The normalized spacial score (nSPS) is 10.4. The number of anilines is 1. The van der Waals surface area contributed by atoms with Gasteiger partial charge in [-0.2, -0.15) is 0 Å². The van der Waals surface area contributed by atoms with Crippen molar-refractivity contribution in [1.29, 1.82) is 0 Å². The van der Waals surface area contributed by atoms with Gasteiger partial charge in [0.05, 0.1) is 10.6 Å². The second-order valence-electron chi connectivity index (χ2n) is 3.55. The monoisotopic (exact) mass is 226 g/mol. The summed E-state index contributed by atoms with van der Waals surface area (Å²) in [4.78, 5) is 18.7. The molecule has 0 saturated carbocycles. The van der Waals surface area contributed by atoms with Crippen molar-refractivity contribution in [2.45, 2.75) is 34.1 Å². The first-order chi connectivity index (χ1) is 7.10. The minimum Gasteiger partial charge on any atom is -0.348 e. The summed E-state index contributed by atoms with van der Waals surface area (Å²) in [6, 6.07) is 0. The van der Waals surface area contributed by atoms with E-state index in [1.54, 1.807) is 6.92 Å². The summed E-state index contributed by atoms with van der Waals surface area (Å²) in [5, 5.41) is 0.974. The van der Waals surface area contributed by atoms with Gasteiger partial charge in [0.2, 0.25) is 0 Å². The van der Waals surface area contributed by atoms with Crippen LogP contribution in [-0.2, 0) is 0 Å². The van der Waals surface area contributed by atoms with E-state index in [2.05, 4.69) is 23.7 Å². The number of ketones is 1. The van der Waals surface area contributed by atoms with Crippen molar-refractivity contribution < 1.29 is 4.79 Å². The highest BCUT2D eigenvalue weighted by atomic mass is 32.1. The first kappa shape index (κ1) is 12.2. The van der Waals surface area contributed by atoms with Crippen molar-refractivity contribution in [3.05, 3.63) is 10.6 Å². The molecule has 0 aliphatic carbocycles. The number of thiazole rings is 1. The van der Waals surface area contributed by atoms with Gasteiger partial charge in [-0.15, -0.1) is 0 Å². The first-order valence-corrected chi connectivity index (χ1v) is 6.15. The highest BCUT2D eigenvalue weighted by molar-refractivity contribution is 7.17. The molecule has 0 atom stereocenters. The molecule has 1 aromatic rings. The van der Waals surface area contributed by atoms with Crippen LogP contribution in [0.15, 0.2) is 0 Å². The Hall–Kier alpha value is -0.900. The highest BCUT2D eigenvalue weighted by Gasteiger charge is 2.14. The molecule has 0 spiro atoms. The number of aromatic nitrogens is 1. The molecule has 0 unspecified atom stereocenters. The molecule has 3 nitrogen and oxygen atoms in total. The minimum absolute atomic E-state index is 0.115. The summed E-state index contributed by atoms with van der Waals surface area (Å²) in [6.45, 7) is 9.70. The number of Topliss-reactive ketones (excluding diaryl/α,β-unsaturated/α-hetero) is 1. The van der Waals surface area contributed by atoms with Crippen LogP contribution in [0.2, 0.25) is 0 Å². The van der Waals surface area contributed by atoms with E-state index in [1.807, 2.05) is 6.92 Å². The predicted molar refractivity (Wildman–Crippen MR) is 65.0 cm³/mol. The van der Waals surface area contributed by atoms with E-state index in [1.165, 1.54) is 11.3 Å². The van der Waals surface area contributed by atoms with E-state index in [4.69, 9.17) is 0 Å². The van der Waals surface area contributed by atoms with Gasteiger partial charge in [0.25, 0.3) is 0 Å². The van der Waals surface area contributed by atoms with Crippen LogP contribution in [0.5, 0.6) is 0 Å². The van der Waals surface area contributed by atoms with Gasteiger partial charge in [0.15, 0.2) is 10.9 Å². The maximum Gasteiger partial charge on any atom is 0.186 e. The molecule has 0 aliphatic heterocycles. The molecule has 0 aliphatic rings. The molecule has 0 N–H and O–H groups in total. The Balaban J connectivity index is 2.94. The summed E-state index contributed by atoms with van der Waals surface area (Å²) in [5.74, 6) is 0.115. The van der Waals surface area contributed by atoms with E-state index >= 15 is 0 Å². The second-order valence-corrected chi connectivity index (χ2v) is 4.52. The molecule has 84 valence electrons. The molecule has 0 amide bonds. The molecule has 0 saturated heterocycles. The molecule has 0 bridgehead atoms. The number of aryl methyl sites for hydroxylation is 1. The lowest BCUT2D eigenvalue weighted by Gasteiger charge is -2.18. The number of carbonyl (C=O) groups excluding carboxylic acids is 1. The first-order valence-electron chi connectivity index (χ1n) is 5.33. The molecule has 1 aromatic heterocycles. The second kappa shape index (κ2) is 5.26. The average molecular weight is 226 g/mol. The Morgan fingerprint density at radius 3 is 2.53 bits per heavy atom. The fraction of sp³-hybridized carbons (Fsp3) is 0.636. The summed E-state index contributed by atoms with van der Waals surface area (Å²) < 4.78 is 0. The smallest absolute Gasteiger partial charge is 0.186 e. The quantitative estimate of drug-likeness (QED) is 0.724. The van der Waals surface area contributed by atoms with Crippen molar-refractivity contribution >= 4 is 22.3 Å². The van der Waals surface area contributed by atoms with Crippen LogP contribution < -0.4 is 4.90 Å². The molecule has 1 heterocycles. The molecule has 4 heteroatoms.